The van der Waals surface area contributed by atoms with Crippen molar-refractivity contribution in [1.82, 2.24) is 15.5 Å². The van der Waals surface area contributed by atoms with Gasteiger partial charge in [0.05, 0.1) is 12.5 Å². The van der Waals surface area contributed by atoms with Crippen LogP contribution in [-0.2, 0) is 28.8 Å². The van der Waals surface area contributed by atoms with Crippen molar-refractivity contribution in [1.29, 1.82) is 0 Å². The average Bonchev–Trinajstić information content (AvgIpc) is 3.23. The van der Waals surface area contributed by atoms with E-state index >= 15 is 0 Å². The summed E-state index contributed by atoms with van der Waals surface area (Å²) in [6.45, 7) is 0.249. The Balaban J connectivity index is 2.88. The van der Waals surface area contributed by atoms with Gasteiger partial charge >= 0.3 is 17.9 Å². The molecule has 0 bridgehead atoms. The molecule has 0 aromatic rings. The van der Waals surface area contributed by atoms with E-state index in [1.807, 2.05) is 0 Å². The quantitative estimate of drug-likeness (QED) is 0.164. The van der Waals surface area contributed by atoms with Crippen LogP contribution in [0.15, 0.2) is 0 Å². The van der Waals surface area contributed by atoms with Gasteiger partial charge in [-0.15, -0.1) is 0 Å². The van der Waals surface area contributed by atoms with E-state index in [1.54, 1.807) is 6.26 Å². The van der Waals surface area contributed by atoms with Crippen molar-refractivity contribution in [2.24, 2.45) is 5.73 Å². The molecule has 1 aliphatic heterocycles. The minimum atomic E-state index is -1.67. The standard InChI is InChI=1S/C19H30N4O9S/c1-33-8-6-11(16(28)22-12(19(31)32)9-15(26)27)21-17(29)13-3-2-7-23(13)18(30)10(20)4-5-14(24)25/h10-13H,2-9,20H2,1H3,(H,21,29)(H,22,28)(H,24,25)(H,26,27)(H,31,32). The molecule has 7 N–H and O–H groups in total. The summed E-state index contributed by atoms with van der Waals surface area (Å²) in [5.74, 6) is -5.62. The first-order chi connectivity index (χ1) is 15.5. The Labute approximate surface area is 194 Å². The Morgan fingerprint density at radius 2 is 1.70 bits per heavy atom. The maximum Gasteiger partial charge on any atom is 0.326 e. The lowest BCUT2D eigenvalue weighted by atomic mass is 10.1. The van der Waals surface area contributed by atoms with Gasteiger partial charge in [-0.3, -0.25) is 24.0 Å². The summed E-state index contributed by atoms with van der Waals surface area (Å²) in [7, 11) is 0. The van der Waals surface area contributed by atoms with Crippen LogP contribution < -0.4 is 16.4 Å². The van der Waals surface area contributed by atoms with Crippen LogP contribution in [0.1, 0.15) is 38.5 Å². The van der Waals surface area contributed by atoms with Crippen LogP contribution in [0, 0.1) is 0 Å². The highest BCUT2D eigenvalue weighted by atomic mass is 32.2. The number of aliphatic carboxylic acids is 3. The van der Waals surface area contributed by atoms with Gasteiger partial charge < -0.3 is 36.6 Å². The van der Waals surface area contributed by atoms with E-state index in [0.717, 1.165) is 0 Å². The summed E-state index contributed by atoms with van der Waals surface area (Å²) < 4.78 is 0. The number of amides is 3. The largest absolute Gasteiger partial charge is 0.481 e. The van der Waals surface area contributed by atoms with E-state index < -0.39 is 66.2 Å². The number of thioether (sulfide) groups is 1. The third-order valence-corrected chi connectivity index (χ3v) is 5.71. The molecule has 4 atom stereocenters. The number of nitrogens with zero attached hydrogens (tertiary/aromatic N) is 1. The second-order valence-electron chi connectivity index (χ2n) is 7.57. The molecular formula is C19H30N4O9S. The number of nitrogens with two attached hydrogens (primary N) is 1. The first-order valence-corrected chi connectivity index (χ1v) is 11.7. The van der Waals surface area contributed by atoms with Crippen LogP contribution in [-0.4, -0.2) is 98.6 Å². The van der Waals surface area contributed by atoms with Gasteiger partial charge in [0.2, 0.25) is 17.7 Å². The van der Waals surface area contributed by atoms with Crippen LogP contribution in [0.3, 0.4) is 0 Å². The fourth-order valence-electron chi connectivity index (χ4n) is 3.34. The van der Waals surface area contributed by atoms with Crippen molar-refractivity contribution in [3.63, 3.8) is 0 Å². The highest BCUT2D eigenvalue weighted by Gasteiger charge is 2.38. The van der Waals surface area contributed by atoms with Gasteiger partial charge in [-0.1, -0.05) is 0 Å². The lowest BCUT2D eigenvalue weighted by Gasteiger charge is -2.28. The third kappa shape index (κ3) is 9.26. The molecule has 4 unspecified atom stereocenters. The number of carbonyl (C=O) groups excluding carboxylic acids is 3. The number of likely N-dealkylation sites (tertiary alicyclic amines) is 1. The number of carbonyl (C=O) groups is 6. The molecular weight excluding hydrogens is 460 g/mol. The van der Waals surface area contributed by atoms with Gasteiger partial charge in [-0.2, -0.15) is 11.8 Å². The minimum absolute atomic E-state index is 0.0854. The maximum absolute atomic E-state index is 12.9. The molecule has 0 radical (unpaired) electrons. The molecule has 186 valence electrons. The predicted octanol–water partition coefficient (Wildman–Crippen LogP) is -1.55. The highest BCUT2D eigenvalue weighted by molar-refractivity contribution is 7.98. The van der Waals surface area contributed by atoms with Crippen LogP contribution in [0.25, 0.3) is 0 Å². The lowest BCUT2D eigenvalue weighted by Crippen LogP contribution is -2.56. The summed E-state index contributed by atoms with van der Waals surface area (Å²) in [5.41, 5.74) is 5.79. The van der Waals surface area contributed by atoms with E-state index in [0.29, 0.717) is 18.6 Å². The van der Waals surface area contributed by atoms with Gasteiger partial charge in [0.1, 0.15) is 18.1 Å². The number of hydrogen-bond donors (Lipinski definition) is 6. The zero-order valence-corrected chi connectivity index (χ0v) is 19.0. The highest BCUT2D eigenvalue weighted by Crippen LogP contribution is 2.19. The van der Waals surface area contributed by atoms with Crippen molar-refractivity contribution in [3.05, 3.63) is 0 Å². The molecule has 1 saturated heterocycles. The predicted molar refractivity (Wildman–Crippen MR) is 116 cm³/mol. The molecule has 0 saturated carbocycles. The Hall–Kier alpha value is -2.87. The van der Waals surface area contributed by atoms with E-state index in [9.17, 15) is 28.8 Å². The van der Waals surface area contributed by atoms with Crippen LogP contribution >= 0.6 is 11.8 Å². The SMILES string of the molecule is CSCCC(NC(=O)C1CCCN1C(=O)C(N)CCC(=O)O)C(=O)NC(CC(=O)O)C(=O)O. The molecule has 1 aliphatic rings. The number of nitrogens with one attached hydrogen (secondary N) is 2. The molecule has 0 spiro atoms. The van der Waals surface area contributed by atoms with Crippen LogP contribution in [0.4, 0.5) is 0 Å². The summed E-state index contributed by atoms with van der Waals surface area (Å²) in [6, 6.07) is -4.80. The van der Waals surface area contributed by atoms with Gasteiger partial charge in [-0.05, 0) is 37.7 Å². The molecule has 0 aromatic carbocycles. The summed E-state index contributed by atoms with van der Waals surface area (Å²) in [5, 5.41) is 31.4. The molecule has 1 fully saturated rings. The van der Waals surface area contributed by atoms with Crippen molar-refractivity contribution in [2.45, 2.75) is 62.7 Å². The number of carboxylic acids is 3. The van der Waals surface area contributed by atoms with Crippen molar-refractivity contribution in [3.8, 4) is 0 Å². The second kappa shape index (κ2) is 13.6. The number of hydrogen-bond acceptors (Lipinski definition) is 8. The van der Waals surface area contributed by atoms with E-state index in [4.69, 9.17) is 21.1 Å². The normalized spacial score (nSPS) is 18.1. The van der Waals surface area contributed by atoms with Gasteiger partial charge in [-0.25, -0.2) is 4.79 Å². The zero-order valence-electron chi connectivity index (χ0n) is 18.2. The average molecular weight is 491 g/mol. The second-order valence-corrected chi connectivity index (χ2v) is 8.55. The molecule has 0 aromatic heterocycles. The molecule has 14 heteroatoms. The topological polar surface area (TPSA) is 216 Å². The van der Waals surface area contributed by atoms with Crippen molar-refractivity contribution in [2.75, 3.05) is 18.6 Å². The number of carboxylic acid groups (broad SMARTS) is 3. The summed E-state index contributed by atoms with van der Waals surface area (Å²) in [6.07, 6.45) is 1.54. The molecule has 13 nitrogen and oxygen atoms in total. The summed E-state index contributed by atoms with van der Waals surface area (Å²) >= 11 is 1.39. The molecule has 3 amide bonds. The fraction of sp³-hybridized carbons (Fsp3) is 0.684. The lowest BCUT2D eigenvalue weighted by molar-refractivity contribution is -0.147. The number of rotatable bonds is 14. The van der Waals surface area contributed by atoms with E-state index in [2.05, 4.69) is 10.6 Å². The molecule has 1 heterocycles. The van der Waals surface area contributed by atoms with Gasteiger partial charge in [0, 0.05) is 13.0 Å². The Morgan fingerprint density at radius 3 is 2.24 bits per heavy atom. The third-order valence-electron chi connectivity index (χ3n) is 5.06. The summed E-state index contributed by atoms with van der Waals surface area (Å²) in [4.78, 5) is 72.2. The Kier molecular flexibility index (Phi) is 11.6. The molecule has 33 heavy (non-hydrogen) atoms. The van der Waals surface area contributed by atoms with E-state index in [-0.39, 0.29) is 25.8 Å². The van der Waals surface area contributed by atoms with Crippen LogP contribution in [0.5, 0.6) is 0 Å². The monoisotopic (exact) mass is 490 g/mol. The van der Waals surface area contributed by atoms with Crippen molar-refractivity contribution >= 4 is 47.4 Å². The first kappa shape index (κ1) is 28.2. The molecule has 0 aliphatic carbocycles. The Bertz CT molecular complexity index is 764. The zero-order chi connectivity index (χ0) is 25.1. The van der Waals surface area contributed by atoms with Gasteiger partial charge in [0.15, 0.2) is 0 Å². The fourth-order valence-corrected chi connectivity index (χ4v) is 3.81. The minimum Gasteiger partial charge on any atom is -0.481 e. The Morgan fingerprint density at radius 1 is 1.03 bits per heavy atom. The van der Waals surface area contributed by atoms with Crippen molar-refractivity contribution < 1.29 is 44.1 Å². The van der Waals surface area contributed by atoms with Gasteiger partial charge in [0.25, 0.3) is 0 Å². The first-order valence-electron chi connectivity index (χ1n) is 10.3. The maximum atomic E-state index is 12.9. The molecule has 1 rings (SSSR count). The van der Waals surface area contributed by atoms with Crippen LogP contribution in [0.2, 0.25) is 0 Å². The van der Waals surface area contributed by atoms with E-state index in [1.165, 1.54) is 16.7 Å². The smallest absolute Gasteiger partial charge is 0.326 e.